The highest BCUT2D eigenvalue weighted by molar-refractivity contribution is 6.31. The van der Waals surface area contributed by atoms with Crippen LogP contribution in [-0.2, 0) is 0 Å². The van der Waals surface area contributed by atoms with E-state index in [0.717, 1.165) is 40.9 Å². The van der Waals surface area contributed by atoms with Crippen molar-refractivity contribution in [2.75, 3.05) is 19.5 Å². The lowest BCUT2D eigenvalue weighted by Gasteiger charge is -2.12. The van der Waals surface area contributed by atoms with E-state index in [4.69, 9.17) is 31.2 Å². The fourth-order valence-corrected chi connectivity index (χ4v) is 4.35. The van der Waals surface area contributed by atoms with Gasteiger partial charge in [-0.15, -0.1) is 0 Å². The summed E-state index contributed by atoms with van der Waals surface area (Å²) in [6.45, 7) is 3.85. The molecule has 0 spiro atoms. The van der Waals surface area contributed by atoms with E-state index in [1.165, 1.54) is 0 Å². The maximum Gasteiger partial charge on any atom is 0.256 e. The molecule has 2 heterocycles. The summed E-state index contributed by atoms with van der Waals surface area (Å²) < 4.78 is 12.5. The minimum Gasteiger partial charge on any atom is -0.493 e. The highest BCUT2D eigenvalue weighted by atomic mass is 35.5. The number of methoxy groups -OCH3 is 2. The highest BCUT2D eigenvalue weighted by Crippen LogP contribution is 2.41. The number of aryl methyl sites for hydroxylation is 1. The summed E-state index contributed by atoms with van der Waals surface area (Å²) >= 11 is 6.39. The van der Waals surface area contributed by atoms with Gasteiger partial charge in [0.05, 0.1) is 36.6 Å². The number of rotatable bonds is 6. The molecule has 1 N–H and O–H groups in total. The van der Waals surface area contributed by atoms with Crippen molar-refractivity contribution in [3.8, 4) is 17.2 Å². The van der Waals surface area contributed by atoms with Gasteiger partial charge in [0.1, 0.15) is 0 Å². The number of halogens is 1. The maximum atomic E-state index is 13.5. The first-order valence-corrected chi connectivity index (χ1v) is 11.5. The Labute approximate surface area is 202 Å². The first-order valence-electron chi connectivity index (χ1n) is 11.1. The number of nitrogens with one attached hydrogen (secondary N) is 1. The minimum absolute atomic E-state index is 0.230. The van der Waals surface area contributed by atoms with Crippen LogP contribution in [0.4, 0.5) is 5.69 Å². The zero-order chi connectivity index (χ0) is 24.0. The third-order valence-corrected chi connectivity index (χ3v) is 6.59. The minimum atomic E-state index is -0.230. The van der Waals surface area contributed by atoms with Crippen LogP contribution >= 0.6 is 11.6 Å². The van der Waals surface area contributed by atoms with E-state index in [2.05, 4.69) is 5.32 Å². The van der Waals surface area contributed by atoms with Gasteiger partial charge in [-0.25, -0.2) is 9.67 Å². The summed E-state index contributed by atoms with van der Waals surface area (Å²) in [4.78, 5) is 18.5. The van der Waals surface area contributed by atoms with E-state index in [0.29, 0.717) is 39.3 Å². The number of aromatic nitrogens is 3. The van der Waals surface area contributed by atoms with Crippen LogP contribution in [0.25, 0.3) is 16.7 Å². The molecule has 5 rings (SSSR count). The predicted molar refractivity (Wildman–Crippen MR) is 133 cm³/mol. The highest BCUT2D eigenvalue weighted by Gasteiger charge is 2.29. The van der Waals surface area contributed by atoms with E-state index in [9.17, 15) is 4.79 Å². The molecule has 174 valence electrons. The number of fused-ring (bicyclic) bond motifs is 1. The second kappa shape index (κ2) is 8.65. The lowest BCUT2D eigenvalue weighted by molar-refractivity contribution is 0.102. The molecule has 1 aliphatic rings. The fraction of sp³-hybridized carbons (Fsp3) is 0.269. The summed E-state index contributed by atoms with van der Waals surface area (Å²) in [7, 11) is 3.14. The molecule has 0 radical (unpaired) electrons. The van der Waals surface area contributed by atoms with Gasteiger partial charge in [0.2, 0.25) is 0 Å². The molecule has 1 fully saturated rings. The number of ether oxygens (including phenoxy) is 2. The van der Waals surface area contributed by atoms with Crippen LogP contribution in [0.3, 0.4) is 0 Å². The molecule has 1 saturated carbocycles. The Morgan fingerprint density at radius 1 is 1.09 bits per heavy atom. The first kappa shape index (κ1) is 22.2. The molecule has 0 saturated heterocycles. The molecule has 8 heteroatoms. The SMILES string of the molecule is COc1ccc(NC(=O)c2cc(C3CC3)nc3c2c(C)nn3-c2cccc(Cl)c2C)cc1OC. The topological polar surface area (TPSA) is 78.3 Å². The average molecular weight is 477 g/mol. The van der Waals surface area contributed by atoms with Crippen LogP contribution in [0.5, 0.6) is 11.5 Å². The molecule has 0 bridgehead atoms. The summed E-state index contributed by atoms with van der Waals surface area (Å²) in [6, 6.07) is 12.9. The van der Waals surface area contributed by atoms with Crippen molar-refractivity contribution in [3.05, 3.63) is 70.0 Å². The molecule has 2 aromatic heterocycles. The molecule has 7 nitrogen and oxygen atoms in total. The van der Waals surface area contributed by atoms with Crippen molar-refractivity contribution in [1.29, 1.82) is 0 Å². The first-order chi connectivity index (χ1) is 16.4. The number of anilines is 1. The van der Waals surface area contributed by atoms with Crippen molar-refractivity contribution >= 4 is 34.2 Å². The molecule has 4 aromatic rings. The van der Waals surface area contributed by atoms with Crippen LogP contribution in [0.15, 0.2) is 42.5 Å². The van der Waals surface area contributed by atoms with Gasteiger partial charge < -0.3 is 14.8 Å². The van der Waals surface area contributed by atoms with Crippen LogP contribution in [-0.4, -0.2) is 34.9 Å². The summed E-state index contributed by atoms with van der Waals surface area (Å²) in [6.07, 6.45) is 2.14. The van der Waals surface area contributed by atoms with E-state index in [1.807, 2.05) is 38.1 Å². The molecular formula is C26H25ClN4O3. The van der Waals surface area contributed by atoms with Crippen molar-refractivity contribution in [2.24, 2.45) is 0 Å². The summed E-state index contributed by atoms with van der Waals surface area (Å²) in [5.74, 6) is 1.27. The van der Waals surface area contributed by atoms with E-state index in [1.54, 1.807) is 37.1 Å². The Hall–Kier alpha value is -3.58. The van der Waals surface area contributed by atoms with Gasteiger partial charge in [-0.3, -0.25) is 4.79 Å². The quantitative estimate of drug-likeness (QED) is 0.378. The van der Waals surface area contributed by atoms with Gasteiger partial charge in [-0.05, 0) is 62.6 Å². The van der Waals surface area contributed by atoms with E-state index in [-0.39, 0.29) is 5.91 Å². The Balaban J connectivity index is 1.63. The van der Waals surface area contributed by atoms with Crippen LogP contribution in [0.2, 0.25) is 5.02 Å². The second-order valence-corrected chi connectivity index (χ2v) is 8.88. The molecule has 0 aliphatic heterocycles. The number of carbonyl (C=O) groups excluding carboxylic acids is 1. The molecule has 2 aromatic carbocycles. The number of benzene rings is 2. The third-order valence-electron chi connectivity index (χ3n) is 6.18. The monoisotopic (exact) mass is 476 g/mol. The Kier molecular flexibility index (Phi) is 5.65. The second-order valence-electron chi connectivity index (χ2n) is 8.47. The Bertz CT molecular complexity index is 1430. The number of amides is 1. The van der Waals surface area contributed by atoms with Crippen LogP contribution < -0.4 is 14.8 Å². The zero-order valence-electron chi connectivity index (χ0n) is 19.5. The number of carbonyl (C=O) groups is 1. The van der Waals surface area contributed by atoms with Gasteiger partial charge >= 0.3 is 0 Å². The molecule has 34 heavy (non-hydrogen) atoms. The van der Waals surface area contributed by atoms with Crippen LogP contribution in [0.1, 0.15) is 46.1 Å². The van der Waals surface area contributed by atoms with E-state index >= 15 is 0 Å². The summed E-state index contributed by atoms with van der Waals surface area (Å²) in [5.41, 5.74) is 5.19. The largest absolute Gasteiger partial charge is 0.493 e. The zero-order valence-corrected chi connectivity index (χ0v) is 20.2. The van der Waals surface area contributed by atoms with Gasteiger partial charge in [0.15, 0.2) is 17.1 Å². The molecular weight excluding hydrogens is 452 g/mol. The lowest BCUT2D eigenvalue weighted by atomic mass is 10.1. The number of nitrogens with zero attached hydrogens (tertiary/aromatic N) is 3. The molecule has 1 aliphatic carbocycles. The van der Waals surface area contributed by atoms with Gasteiger partial charge in [0, 0.05) is 28.4 Å². The van der Waals surface area contributed by atoms with Gasteiger partial charge in [-0.1, -0.05) is 17.7 Å². The van der Waals surface area contributed by atoms with Crippen molar-refractivity contribution in [1.82, 2.24) is 14.8 Å². The number of hydrogen-bond acceptors (Lipinski definition) is 5. The number of hydrogen-bond donors (Lipinski definition) is 1. The summed E-state index contributed by atoms with van der Waals surface area (Å²) in [5, 5.41) is 9.14. The fourth-order valence-electron chi connectivity index (χ4n) is 4.18. The van der Waals surface area contributed by atoms with E-state index < -0.39 is 0 Å². The lowest BCUT2D eigenvalue weighted by Crippen LogP contribution is -2.14. The van der Waals surface area contributed by atoms with Crippen molar-refractivity contribution in [2.45, 2.75) is 32.6 Å². The van der Waals surface area contributed by atoms with Gasteiger partial charge in [0.25, 0.3) is 5.91 Å². The Morgan fingerprint density at radius 2 is 1.85 bits per heavy atom. The van der Waals surface area contributed by atoms with Gasteiger partial charge in [-0.2, -0.15) is 5.10 Å². The molecule has 0 unspecified atom stereocenters. The predicted octanol–water partition coefficient (Wildman–Crippen LogP) is 5.84. The van der Waals surface area contributed by atoms with Crippen molar-refractivity contribution in [3.63, 3.8) is 0 Å². The molecule has 0 atom stereocenters. The Morgan fingerprint density at radius 3 is 2.56 bits per heavy atom. The third kappa shape index (κ3) is 3.86. The average Bonchev–Trinajstić information content (AvgIpc) is 3.64. The maximum absolute atomic E-state index is 13.5. The molecule has 1 amide bonds. The van der Waals surface area contributed by atoms with Crippen LogP contribution in [0, 0.1) is 13.8 Å². The number of pyridine rings is 1. The van der Waals surface area contributed by atoms with Crippen molar-refractivity contribution < 1.29 is 14.3 Å². The normalized spacial score (nSPS) is 13.2. The smallest absolute Gasteiger partial charge is 0.256 e. The standard InChI is InChI=1S/C26H25ClN4O3/c1-14-19(27)6-5-7-21(14)31-25-24(15(2)30-31)18(13-20(29-25)16-8-9-16)26(32)28-17-10-11-22(33-3)23(12-17)34-4/h5-7,10-13,16H,8-9H2,1-4H3,(H,28,32).